The van der Waals surface area contributed by atoms with Gasteiger partial charge >= 0.3 is 0 Å². The van der Waals surface area contributed by atoms with Crippen molar-refractivity contribution in [2.24, 2.45) is 11.8 Å². The van der Waals surface area contributed by atoms with Crippen LogP contribution >= 0.6 is 12.4 Å². The van der Waals surface area contributed by atoms with Gasteiger partial charge in [-0.15, -0.1) is 12.4 Å². The fourth-order valence-corrected chi connectivity index (χ4v) is 8.60. The number of phenolic OH excluding ortho intramolecular Hbond substituents is 1. The predicted octanol–water partition coefficient (Wildman–Crippen LogP) is 3.60. The SMILES string of the molecule is CN(C(=O)[C@@H]1C[C@H]1c1ccoc1)[C@@H]1CC[C@@]2(O)[C@H]3Cc4ccc(O)c5c4[C@@]2(CCN3CC2CC2)[C@@H]1O5.Cl. The van der Waals surface area contributed by atoms with Crippen molar-refractivity contribution in [3.05, 3.63) is 47.4 Å². The third-order valence-corrected chi connectivity index (χ3v) is 10.7. The second-order valence-electron chi connectivity index (χ2n) is 12.4. The third-order valence-electron chi connectivity index (χ3n) is 10.7. The van der Waals surface area contributed by atoms with Crippen LogP contribution in [0.3, 0.4) is 0 Å². The molecule has 2 aliphatic heterocycles. The van der Waals surface area contributed by atoms with Gasteiger partial charge < -0.3 is 24.3 Å². The van der Waals surface area contributed by atoms with Gasteiger partial charge in [-0.25, -0.2) is 0 Å². The molecule has 3 saturated carbocycles. The molecule has 2 aromatic rings. The number of likely N-dealkylation sites (tertiary alicyclic amines) is 1. The number of aliphatic hydroxyl groups is 1. The van der Waals surface area contributed by atoms with Gasteiger partial charge in [-0.2, -0.15) is 0 Å². The summed E-state index contributed by atoms with van der Waals surface area (Å²) in [6.07, 6.45) is 9.42. The number of amides is 1. The summed E-state index contributed by atoms with van der Waals surface area (Å²) < 4.78 is 11.9. The number of furan rings is 1. The first-order valence-corrected chi connectivity index (χ1v) is 13.7. The molecule has 7 atom stereocenters. The van der Waals surface area contributed by atoms with E-state index in [4.69, 9.17) is 9.15 Å². The number of carbonyl (C=O) groups is 1. The minimum Gasteiger partial charge on any atom is -0.504 e. The number of phenols is 1. The highest BCUT2D eigenvalue weighted by Crippen LogP contribution is 2.66. The highest BCUT2D eigenvalue weighted by molar-refractivity contribution is 5.85. The van der Waals surface area contributed by atoms with E-state index in [1.807, 2.05) is 24.1 Å². The van der Waals surface area contributed by atoms with Crippen LogP contribution in [-0.4, -0.2) is 69.8 Å². The van der Waals surface area contributed by atoms with E-state index < -0.39 is 11.0 Å². The third kappa shape index (κ3) is 3.05. The number of halogens is 1. The number of hydrogen-bond donors (Lipinski definition) is 2. The lowest BCUT2D eigenvalue weighted by molar-refractivity contribution is -0.200. The monoisotopic (exact) mass is 526 g/mol. The van der Waals surface area contributed by atoms with E-state index in [0.717, 1.165) is 49.4 Å². The Bertz CT molecular complexity index is 1250. The Morgan fingerprint density at radius 2 is 2.05 bits per heavy atom. The highest BCUT2D eigenvalue weighted by Gasteiger charge is 2.73. The van der Waals surface area contributed by atoms with Crippen molar-refractivity contribution in [2.75, 3.05) is 20.1 Å². The van der Waals surface area contributed by atoms with Gasteiger partial charge in [-0.1, -0.05) is 6.07 Å². The van der Waals surface area contributed by atoms with Crippen LogP contribution in [0.4, 0.5) is 0 Å². The molecule has 2 bridgehead atoms. The van der Waals surface area contributed by atoms with Crippen molar-refractivity contribution >= 4 is 18.3 Å². The van der Waals surface area contributed by atoms with E-state index in [9.17, 15) is 15.0 Å². The molecule has 2 N–H and O–H groups in total. The molecule has 37 heavy (non-hydrogen) atoms. The maximum atomic E-state index is 13.7. The lowest BCUT2D eigenvalue weighted by Gasteiger charge is -2.64. The van der Waals surface area contributed by atoms with E-state index in [1.54, 1.807) is 18.6 Å². The summed E-state index contributed by atoms with van der Waals surface area (Å²) >= 11 is 0. The molecule has 7 nitrogen and oxygen atoms in total. The Morgan fingerprint density at radius 1 is 1.22 bits per heavy atom. The number of likely N-dealkylation sites (N-methyl/N-ethyl adjacent to an activating group) is 1. The van der Waals surface area contributed by atoms with Crippen LogP contribution in [-0.2, 0) is 16.6 Å². The van der Waals surface area contributed by atoms with Gasteiger partial charge in [0.2, 0.25) is 5.91 Å². The second kappa shape index (κ2) is 7.90. The molecule has 1 saturated heterocycles. The zero-order valence-electron chi connectivity index (χ0n) is 21.1. The van der Waals surface area contributed by atoms with Crippen molar-refractivity contribution < 1.29 is 24.2 Å². The van der Waals surface area contributed by atoms with Crippen LogP contribution in [0.25, 0.3) is 0 Å². The van der Waals surface area contributed by atoms with Crippen LogP contribution < -0.4 is 4.74 Å². The molecular formula is C29H35ClN2O5. The van der Waals surface area contributed by atoms with E-state index in [1.165, 1.54) is 18.4 Å². The smallest absolute Gasteiger partial charge is 0.226 e. The summed E-state index contributed by atoms with van der Waals surface area (Å²) in [6.45, 7) is 1.99. The summed E-state index contributed by atoms with van der Waals surface area (Å²) in [7, 11) is 1.91. The molecule has 1 aromatic carbocycles. The summed E-state index contributed by atoms with van der Waals surface area (Å²) in [4.78, 5) is 18.1. The molecule has 198 valence electrons. The molecule has 0 unspecified atom stereocenters. The van der Waals surface area contributed by atoms with Crippen molar-refractivity contribution in [3.8, 4) is 11.5 Å². The molecule has 1 amide bonds. The first kappa shape index (κ1) is 23.9. The summed E-state index contributed by atoms with van der Waals surface area (Å²) in [5, 5.41) is 23.5. The van der Waals surface area contributed by atoms with E-state index in [2.05, 4.69) is 4.90 Å². The maximum absolute atomic E-state index is 13.7. The lowest BCUT2D eigenvalue weighted by atomic mass is 9.48. The summed E-state index contributed by atoms with van der Waals surface area (Å²) in [6, 6.07) is 5.65. The molecule has 1 aromatic heterocycles. The van der Waals surface area contributed by atoms with Crippen LogP contribution in [0.2, 0.25) is 0 Å². The van der Waals surface area contributed by atoms with Gasteiger partial charge in [0, 0.05) is 31.1 Å². The van der Waals surface area contributed by atoms with Crippen LogP contribution in [0, 0.1) is 11.8 Å². The average Bonchev–Trinajstić information content (AvgIpc) is 3.76. The Hall–Kier alpha value is -2.22. The van der Waals surface area contributed by atoms with Crippen LogP contribution in [0.15, 0.2) is 35.1 Å². The van der Waals surface area contributed by atoms with Crippen molar-refractivity contribution in [3.63, 3.8) is 0 Å². The molecule has 4 fully saturated rings. The van der Waals surface area contributed by atoms with Gasteiger partial charge in [0.25, 0.3) is 0 Å². The topological polar surface area (TPSA) is 86.4 Å². The molecule has 8 heteroatoms. The number of aromatic hydroxyl groups is 1. The Kier molecular flexibility index (Phi) is 5.10. The minimum atomic E-state index is -0.920. The summed E-state index contributed by atoms with van der Waals surface area (Å²) in [5.41, 5.74) is 1.79. The Balaban J connectivity index is 0.00000231. The maximum Gasteiger partial charge on any atom is 0.226 e. The van der Waals surface area contributed by atoms with Gasteiger partial charge in [0.05, 0.1) is 29.6 Å². The number of rotatable bonds is 5. The van der Waals surface area contributed by atoms with Gasteiger partial charge in [0.1, 0.15) is 6.10 Å². The predicted molar refractivity (Wildman–Crippen MR) is 138 cm³/mol. The van der Waals surface area contributed by atoms with Crippen LogP contribution in [0.1, 0.15) is 61.1 Å². The zero-order valence-corrected chi connectivity index (χ0v) is 22.0. The van der Waals surface area contributed by atoms with Crippen LogP contribution in [0.5, 0.6) is 11.5 Å². The number of benzene rings is 1. The summed E-state index contributed by atoms with van der Waals surface area (Å²) in [5.74, 6) is 1.79. The van der Waals surface area contributed by atoms with E-state index in [-0.39, 0.29) is 54.1 Å². The first-order valence-electron chi connectivity index (χ1n) is 13.7. The second-order valence-corrected chi connectivity index (χ2v) is 12.4. The number of carbonyl (C=O) groups excluding carboxylic acids is 1. The fraction of sp³-hybridized carbons (Fsp3) is 0.621. The number of piperidine rings is 1. The van der Waals surface area contributed by atoms with E-state index in [0.29, 0.717) is 18.6 Å². The van der Waals surface area contributed by atoms with Gasteiger partial charge in [0.15, 0.2) is 11.5 Å². The van der Waals surface area contributed by atoms with Crippen molar-refractivity contribution in [1.29, 1.82) is 0 Å². The molecule has 8 rings (SSSR count). The molecule has 3 heterocycles. The fourth-order valence-electron chi connectivity index (χ4n) is 8.60. The van der Waals surface area contributed by atoms with Gasteiger partial charge in [-0.3, -0.25) is 9.69 Å². The minimum absolute atomic E-state index is 0. The highest BCUT2D eigenvalue weighted by atomic mass is 35.5. The van der Waals surface area contributed by atoms with Crippen molar-refractivity contribution in [2.45, 2.75) is 80.1 Å². The zero-order chi connectivity index (χ0) is 24.4. The van der Waals surface area contributed by atoms with E-state index >= 15 is 0 Å². The quantitative estimate of drug-likeness (QED) is 0.619. The normalized spacial score (nSPS) is 38.8. The average molecular weight is 527 g/mol. The largest absolute Gasteiger partial charge is 0.504 e. The molecular weight excluding hydrogens is 492 g/mol. The first-order chi connectivity index (χ1) is 17.4. The molecule has 0 radical (unpaired) electrons. The number of ether oxygens (including phenoxy) is 1. The number of nitrogens with zero attached hydrogens (tertiary/aromatic N) is 2. The Morgan fingerprint density at radius 3 is 2.81 bits per heavy atom. The van der Waals surface area contributed by atoms with Crippen molar-refractivity contribution in [1.82, 2.24) is 9.80 Å². The lowest BCUT2D eigenvalue weighted by Crippen LogP contribution is -2.78. The standard InChI is InChI=1S/C29H34N2O5.ClH/c1-30(27(33)20-13-19(20)18-7-11-35-15-18)21-6-8-29(34)23-12-17-4-5-22(32)25-24(17)28(29,26(21)36-25)9-10-31(23)14-16-2-3-16;/h4-5,7,11,15-16,19-21,23,26,32,34H,2-3,6,8-10,12-14H2,1H3;1H/t19-,20+,21+,23+,26+,28-,29+;/m0./s1. The molecule has 4 aliphatic carbocycles. The molecule has 6 aliphatic rings. The van der Waals surface area contributed by atoms with Gasteiger partial charge in [-0.05, 0) is 86.6 Å². The Labute approximate surface area is 223 Å². The molecule has 1 spiro atoms. The number of hydrogen-bond acceptors (Lipinski definition) is 6.